The molecule has 0 bridgehead atoms. The van der Waals surface area contributed by atoms with E-state index in [1.807, 2.05) is 66.7 Å². The molecule has 0 N–H and O–H groups in total. The maximum absolute atomic E-state index is 14.8. The molecule has 3 heteroatoms. The van der Waals surface area contributed by atoms with Crippen LogP contribution >= 0.6 is 0 Å². The molecule has 8 aromatic carbocycles. The minimum absolute atomic E-state index is 0.160. The molecule has 0 saturated heterocycles. The summed E-state index contributed by atoms with van der Waals surface area (Å²) >= 11 is 0. The lowest BCUT2D eigenvalue weighted by Gasteiger charge is -2.18. The molecule has 0 aliphatic carbocycles. The van der Waals surface area contributed by atoms with Gasteiger partial charge >= 0.3 is 6.18 Å². The van der Waals surface area contributed by atoms with Gasteiger partial charge in [0.2, 0.25) is 0 Å². The van der Waals surface area contributed by atoms with Crippen LogP contribution in [0.25, 0.3) is 76.5 Å². The summed E-state index contributed by atoms with van der Waals surface area (Å²) < 4.78 is 44.3. The van der Waals surface area contributed by atoms with E-state index in [1.165, 1.54) is 16.2 Å². The van der Waals surface area contributed by atoms with E-state index in [-0.39, 0.29) is 11.1 Å². The molecule has 0 saturated carbocycles. The van der Waals surface area contributed by atoms with Gasteiger partial charge in [-0.05, 0) is 125 Å². The van der Waals surface area contributed by atoms with Gasteiger partial charge in [-0.3, -0.25) is 0 Å². The van der Waals surface area contributed by atoms with Crippen molar-refractivity contribution in [1.82, 2.24) is 0 Å². The van der Waals surface area contributed by atoms with E-state index in [0.717, 1.165) is 49.2 Å². The van der Waals surface area contributed by atoms with Crippen molar-refractivity contribution in [3.63, 3.8) is 0 Å². The predicted octanol–water partition coefficient (Wildman–Crippen LogP) is 13.1. The molecule has 0 aliphatic rings. The van der Waals surface area contributed by atoms with Crippen molar-refractivity contribution >= 4 is 54.2 Å². The topological polar surface area (TPSA) is 0 Å². The first-order valence-electron chi connectivity index (χ1n) is 15.6. The van der Waals surface area contributed by atoms with Gasteiger partial charge in [-0.25, -0.2) is 0 Å². The van der Waals surface area contributed by atoms with E-state index in [4.69, 9.17) is 0 Å². The second-order valence-corrected chi connectivity index (χ2v) is 12.2. The Morgan fingerprint density at radius 2 is 0.681 bits per heavy atom. The highest BCUT2D eigenvalue weighted by atomic mass is 19.4. The summed E-state index contributed by atoms with van der Waals surface area (Å²) in [5.74, 6) is 0. The summed E-state index contributed by atoms with van der Waals surface area (Å²) in [6, 6.07) is 51.8. The van der Waals surface area contributed by atoms with Crippen molar-refractivity contribution in [3.8, 4) is 22.3 Å². The van der Waals surface area contributed by atoms with E-state index < -0.39 is 11.7 Å². The Morgan fingerprint density at radius 1 is 0.362 bits per heavy atom. The monoisotopic (exact) mass is 614 g/mol. The smallest absolute Gasteiger partial charge is 0.166 e. The van der Waals surface area contributed by atoms with Gasteiger partial charge in [0.05, 0.1) is 5.57 Å². The summed E-state index contributed by atoms with van der Waals surface area (Å²) in [7, 11) is 0. The first kappa shape index (κ1) is 28.8. The average molecular weight is 615 g/mol. The Bertz CT molecular complexity index is 2520. The zero-order chi connectivity index (χ0) is 32.1. The zero-order valence-electron chi connectivity index (χ0n) is 25.6. The second-order valence-electron chi connectivity index (χ2n) is 12.2. The number of halogens is 3. The fourth-order valence-corrected chi connectivity index (χ4v) is 6.71. The van der Waals surface area contributed by atoms with Gasteiger partial charge in [0.25, 0.3) is 0 Å². The fourth-order valence-electron chi connectivity index (χ4n) is 6.71. The molecule has 0 unspecified atom stereocenters. The molecular weight excluding hydrogens is 585 g/mol. The number of benzene rings is 8. The summed E-state index contributed by atoms with van der Waals surface area (Å²) in [4.78, 5) is 0. The molecule has 47 heavy (non-hydrogen) atoms. The highest BCUT2D eigenvalue weighted by molar-refractivity contribution is 5.99. The van der Waals surface area contributed by atoms with Gasteiger partial charge in [-0.1, -0.05) is 121 Å². The maximum atomic E-state index is 14.8. The average Bonchev–Trinajstić information content (AvgIpc) is 3.10. The van der Waals surface area contributed by atoms with E-state index in [0.29, 0.717) is 5.56 Å². The highest BCUT2D eigenvalue weighted by Crippen LogP contribution is 2.41. The van der Waals surface area contributed by atoms with Crippen LogP contribution < -0.4 is 0 Å². The largest absolute Gasteiger partial charge is 0.417 e. The molecule has 8 rings (SSSR count). The molecule has 0 fully saturated rings. The van der Waals surface area contributed by atoms with Crippen LogP contribution in [0.15, 0.2) is 158 Å². The Balaban J connectivity index is 1.15. The van der Waals surface area contributed by atoms with Crippen molar-refractivity contribution in [1.29, 1.82) is 0 Å². The van der Waals surface area contributed by atoms with Crippen LogP contribution in [0.4, 0.5) is 13.2 Å². The molecule has 0 nitrogen and oxygen atoms in total. The first-order chi connectivity index (χ1) is 22.8. The molecule has 0 heterocycles. The van der Waals surface area contributed by atoms with Gasteiger partial charge in [0.1, 0.15) is 0 Å². The molecule has 0 radical (unpaired) electrons. The van der Waals surface area contributed by atoms with Crippen molar-refractivity contribution in [2.75, 3.05) is 0 Å². The van der Waals surface area contributed by atoms with Crippen molar-refractivity contribution in [2.45, 2.75) is 13.1 Å². The SMILES string of the molecule is C/C(=C(\c1ccc2cc(-c3ccc4ccccc4c3)ccc2c1)C(F)(F)F)c1ccc2cc(-c3ccc4ccccc4c3)ccc2c1. The lowest BCUT2D eigenvalue weighted by atomic mass is 9.91. The Hall–Kier alpha value is -5.67. The third kappa shape index (κ3) is 5.44. The number of alkyl halides is 3. The summed E-state index contributed by atoms with van der Waals surface area (Å²) in [5, 5.41) is 8.20. The standard InChI is InChI=1S/C44H29F3/c1-28(31-12-15-37-25-38(17-16-34(37)22-31)35-13-10-29-6-2-4-8-32(29)23-35)43(44(45,46)47)42-21-20-40-26-39(18-19-41(40)27-42)36-14-11-30-7-3-5-9-33(30)24-36/h2-27H,1H3/b43-28-. The minimum Gasteiger partial charge on any atom is -0.166 e. The molecule has 0 spiro atoms. The lowest BCUT2D eigenvalue weighted by molar-refractivity contribution is -0.0685. The minimum atomic E-state index is -4.53. The van der Waals surface area contributed by atoms with E-state index in [1.54, 1.807) is 31.2 Å². The molecule has 0 atom stereocenters. The molecular formula is C44H29F3. The number of hydrogen-bond acceptors (Lipinski definition) is 0. The Kier molecular flexibility index (Phi) is 6.91. The molecule has 8 aromatic rings. The van der Waals surface area contributed by atoms with Gasteiger partial charge in [-0.2, -0.15) is 13.2 Å². The normalized spacial score (nSPS) is 12.6. The summed E-state index contributed by atoms with van der Waals surface area (Å²) in [6.45, 7) is 1.57. The Labute approximate surface area is 271 Å². The van der Waals surface area contributed by atoms with Crippen LogP contribution in [0.2, 0.25) is 0 Å². The lowest BCUT2D eigenvalue weighted by Crippen LogP contribution is -2.12. The van der Waals surface area contributed by atoms with Gasteiger partial charge < -0.3 is 0 Å². The van der Waals surface area contributed by atoms with Gasteiger partial charge in [-0.15, -0.1) is 0 Å². The van der Waals surface area contributed by atoms with Crippen LogP contribution in [0, 0.1) is 0 Å². The van der Waals surface area contributed by atoms with Gasteiger partial charge in [0.15, 0.2) is 0 Å². The number of hydrogen-bond donors (Lipinski definition) is 0. The molecule has 226 valence electrons. The van der Waals surface area contributed by atoms with Crippen LogP contribution in [0.3, 0.4) is 0 Å². The van der Waals surface area contributed by atoms with E-state index >= 15 is 0 Å². The maximum Gasteiger partial charge on any atom is 0.417 e. The number of fused-ring (bicyclic) bond motifs is 4. The number of rotatable bonds is 4. The van der Waals surface area contributed by atoms with Gasteiger partial charge in [0, 0.05) is 0 Å². The Morgan fingerprint density at radius 3 is 1.13 bits per heavy atom. The summed E-state index contributed by atoms with van der Waals surface area (Å²) in [5.41, 5.74) is 4.56. The van der Waals surface area contributed by atoms with Crippen LogP contribution in [0.5, 0.6) is 0 Å². The van der Waals surface area contributed by atoms with E-state index in [2.05, 4.69) is 66.7 Å². The van der Waals surface area contributed by atoms with Crippen molar-refractivity contribution in [3.05, 3.63) is 169 Å². The number of allylic oxidation sites excluding steroid dienone is 2. The molecule has 0 aliphatic heterocycles. The van der Waals surface area contributed by atoms with Crippen molar-refractivity contribution < 1.29 is 13.2 Å². The van der Waals surface area contributed by atoms with E-state index in [9.17, 15) is 13.2 Å². The first-order valence-corrected chi connectivity index (χ1v) is 15.6. The van der Waals surface area contributed by atoms with Crippen molar-refractivity contribution in [2.24, 2.45) is 0 Å². The third-order valence-corrected chi connectivity index (χ3v) is 9.23. The summed E-state index contributed by atoms with van der Waals surface area (Å²) in [6.07, 6.45) is -4.53. The van der Waals surface area contributed by atoms with Crippen LogP contribution in [-0.2, 0) is 0 Å². The fraction of sp³-hybridized carbons (Fsp3) is 0.0455. The van der Waals surface area contributed by atoms with Crippen LogP contribution in [-0.4, -0.2) is 6.18 Å². The highest BCUT2D eigenvalue weighted by Gasteiger charge is 2.36. The van der Waals surface area contributed by atoms with Crippen LogP contribution in [0.1, 0.15) is 18.1 Å². The quantitative estimate of drug-likeness (QED) is 0.173. The third-order valence-electron chi connectivity index (χ3n) is 9.23. The predicted molar refractivity (Wildman–Crippen MR) is 192 cm³/mol. The molecule has 0 amide bonds. The molecule has 0 aromatic heterocycles. The zero-order valence-corrected chi connectivity index (χ0v) is 25.6. The second kappa shape index (κ2) is 11.3.